The Balaban J connectivity index is 1.48. The molecule has 6 nitrogen and oxygen atoms in total. The summed E-state index contributed by atoms with van der Waals surface area (Å²) in [4.78, 5) is 23.7. The summed E-state index contributed by atoms with van der Waals surface area (Å²) in [7, 11) is 0. The number of rotatable bonds is 5. The van der Waals surface area contributed by atoms with E-state index in [1.54, 1.807) is 6.92 Å². The number of nitrogens with one attached hydrogen (secondary N) is 1. The first kappa shape index (κ1) is 14.7. The highest BCUT2D eigenvalue weighted by Crippen LogP contribution is 2.38. The lowest BCUT2D eigenvalue weighted by molar-refractivity contribution is -0.156. The van der Waals surface area contributed by atoms with Gasteiger partial charge in [-0.1, -0.05) is 13.0 Å². The second-order valence-electron chi connectivity index (χ2n) is 5.80. The number of carbonyl (C=O) groups excluding carboxylic acids is 2. The summed E-state index contributed by atoms with van der Waals surface area (Å²) < 4.78 is 15.7. The van der Waals surface area contributed by atoms with Crippen molar-refractivity contribution in [2.75, 3.05) is 6.79 Å². The van der Waals surface area contributed by atoms with Gasteiger partial charge in [0, 0.05) is 6.54 Å². The third kappa shape index (κ3) is 3.16. The lowest BCUT2D eigenvalue weighted by Gasteiger charge is -2.13. The molecule has 0 radical (unpaired) electrons. The quantitative estimate of drug-likeness (QED) is 0.837. The van der Waals surface area contributed by atoms with Crippen molar-refractivity contribution in [3.05, 3.63) is 23.8 Å². The van der Waals surface area contributed by atoms with Gasteiger partial charge in [-0.15, -0.1) is 0 Å². The van der Waals surface area contributed by atoms with Crippen molar-refractivity contribution in [3.63, 3.8) is 0 Å². The van der Waals surface area contributed by atoms with Crippen LogP contribution in [-0.2, 0) is 20.9 Å². The van der Waals surface area contributed by atoms with Crippen molar-refractivity contribution in [1.82, 2.24) is 5.32 Å². The number of amides is 1. The lowest BCUT2D eigenvalue weighted by atomic mass is 10.2. The van der Waals surface area contributed by atoms with E-state index in [1.807, 2.05) is 25.1 Å². The maximum Gasteiger partial charge on any atom is 0.309 e. The van der Waals surface area contributed by atoms with Gasteiger partial charge in [0.2, 0.25) is 6.79 Å². The Morgan fingerprint density at radius 2 is 2.09 bits per heavy atom. The summed E-state index contributed by atoms with van der Waals surface area (Å²) in [6.45, 7) is 4.14. The van der Waals surface area contributed by atoms with Crippen LogP contribution in [0.25, 0.3) is 0 Å². The molecule has 22 heavy (non-hydrogen) atoms. The molecule has 2 aliphatic rings. The molecule has 3 rings (SSSR count). The van der Waals surface area contributed by atoms with Crippen molar-refractivity contribution in [2.24, 2.45) is 11.8 Å². The molecule has 1 aliphatic heterocycles. The zero-order valence-electron chi connectivity index (χ0n) is 12.6. The lowest BCUT2D eigenvalue weighted by Crippen LogP contribution is -2.35. The van der Waals surface area contributed by atoms with Crippen LogP contribution in [-0.4, -0.2) is 24.8 Å². The number of esters is 1. The summed E-state index contributed by atoms with van der Waals surface area (Å²) in [5.41, 5.74) is 0.895. The maximum absolute atomic E-state index is 12.0. The van der Waals surface area contributed by atoms with Crippen LogP contribution in [0.3, 0.4) is 0 Å². The molecule has 6 heteroatoms. The molecular formula is C16H19NO5. The molecule has 0 saturated heterocycles. The zero-order chi connectivity index (χ0) is 15.7. The van der Waals surface area contributed by atoms with Crippen LogP contribution >= 0.6 is 0 Å². The van der Waals surface area contributed by atoms with E-state index in [-0.39, 0.29) is 24.6 Å². The van der Waals surface area contributed by atoms with E-state index in [0.29, 0.717) is 24.0 Å². The molecule has 1 saturated carbocycles. The Morgan fingerprint density at radius 3 is 2.82 bits per heavy atom. The molecule has 118 valence electrons. The molecular weight excluding hydrogens is 286 g/mol. The summed E-state index contributed by atoms with van der Waals surface area (Å²) in [6, 6.07) is 5.49. The van der Waals surface area contributed by atoms with Crippen LogP contribution in [0, 0.1) is 11.8 Å². The topological polar surface area (TPSA) is 73.9 Å². The minimum atomic E-state index is -0.783. The molecule has 1 aromatic rings. The second-order valence-corrected chi connectivity index (χ2v) is 5.80. The Morgan fingerprint density at radius 1 is 1.36 bits per heavy atom. The first-order valence-corrected chi connectivity index (χ1v) is 7.41. The molecule has 1 aromatic carbocycles. The minimum absolute atomic E-state index is 0.0379. The second kappa shape index (κ2) is 5.87. The van der Waals surface area contributed by atoms with Gasteiger partial charge in [-0.3, -0.25) is 9.59 Å². The van der Waals surface area contributed by atoms with E-state index in [0.717, 1.165) is 12.0 Å². The van der Waals surface area contributed by atoms with E-state index in [9.17, 15) is 9.59 Å². The molecule has 1 heterocycles. The number of ether oxygens (including phenoxy) is 3. The van der Waals surface area contributed by atoms with Crippen molar-refractivity contribution < 1.29 is 23.8 Å². The van der Waals surface area contributed by atoms with Crippen molar-refractivity contribution in [1.29, 1.82) is 0 Å². The van der Waals surface area contributed by atoms with E-state index in [2.05, 4.69) is 5.32 Å². The van der Waals surface area contributed by atoms with Crippen LogP contribution in [0.5, 0.6) is 11.5 Å². The van der Waals surface area contributed by atoms with E-state index in [1.165, 1.54) is 0 Å². The fourth-order valence-electron chi connectivity index (χ4n) is 2.35. The third-order valence-corrected chi connectivity index (χ3v) is 3.98. The molecule has 1 fully saturated rings. The standard InChI is InChI=1S/C16H19NO5/c1-9-5-12(9)16(19)22-10(2)15(18)17-7-11-3-4-13-14(6-11)21-8-20-13/h3-4,6,9-10,12H,5,7-8H2,1-2H3,(H,17,18)/t9-,10-,12+/m0/s1. The Kier molecular flexibility index (Phi) is 3.92. The first-order chi connectivity index (χ1) is 10.5. The number of benzene rings is 1. The van der Waals surface area contributed by atoms with Crippen molar-refractivity contribution in [2.45, 2.75) is 32.9 Å². The minimum Gasteiger partial charge on any atom is -0.454 e. The van der Waals surface area contributed by atoms with E-state index in [4.69, 9.17) is 14.2 Å². The summed E-state index contributed by atoms with van der Waals surface area (Å²) in [5.74, 6) is 1.13. The number of hydrogen-bond acceptors (Lipinski definition) is 5. The van der Waals surface area contributed by atoms with Crippen molar-refractivity contribution in [3.8, 4) is 11.5 Å². The third-order valence-electron chi connectivity index (χ3n) is 3.98. The van der Waals surface area contributed by atoms with Crippen molar-refractivity contribution >= 4 is 11.9 Å². The number of fused-ring (bicyclic) bond motifs is 1. The average Bonchev–Trinajstić information content (AvgIpc) is 3.06. The highest BCUT2D eigenvalue weighted by atomic mass is 16.7. The first-order valence-electron chi connectivity index (χ1n) is 7.41. The Bertz CT molecular complexity index is 600. The summed E-state index contributed by atoms with van der Waals surface area (Å²) >= 11 is 0. The molecule has 3 atom stereocenters. The van der Waals surface area contributed by atoms with Gasteiger partial charge < -0.3 is 19.5 Å². The van der Waals surface area contributed by atoms with Gasteiger partial charge in [0.1, 0.15) is 0 Å². The molecule has 0 aromatic heterocycles. The van der Waals surface area contributed by atoms with Gasteiger partial charge in [0.25, 0.3) is 5.91 Å². The van der Waals surface area contributed by atoms with Gasteiger partial charge in [-0.05, 0) is 37.0 Å². The fourth-order valence-corrected chi connectivity index (χ4v) is 2.35. The van der Waals surface area contributed by atoms with Gasteiger partial charge in [-0.25, -0.2) is 0 Å². The molecule has 1 N–H and O–H groups in total. The smallest absolute Gasteiger partial charge is 0.309 e. The van der Waals surface area contributed by atoms with E-state index < -0.39 is 6.10 Å². The number of carbonyl (C=O) groups is 2. The Labute approximate surface area is 128 Å². The molecule has 0 spiro atoms. The van der Waals surface area contributed by atoms with Gasteiger partial charge in [0.15, 0.2) is 17.6 Å². The predicted molar refractivity (Wildman–Crippen MR) is 77.2 cm³/mol. The van der Waals surface area contributed by atoms with Crippen LogP contribution in [0.15, 0.2) is 18.2 Å². The molecule has 0 bridgehead atoms. The average molecular weight is 305 g/mol. The normalized spacial score (nSPS) is 22.8. The highest BCUT2D eigenvalue weighted by Gasteiger charge is 2.41. The fraction of sp³-hybridized carbons (Fsp3) is 0.500. The van der Waals surface area contributed by atoms with Crippen LogP contribution in [0.1, 0.15) is 25.8 Å². The van der Waals surface area contributed by atoms with Gasteiger partial charge in [0.05, 0.1) is 5.92 Å². The van der Waals surface area contributed by atoms with Crippen LogP contribution in [0.2, 0.25) is 0 Å². The monoisotopic (exact) mass is 305 g/mol. The molecule has 1 aliphatic carbocycles. The molecule has 1 amide bonds. The highest BCUT2D eigenvalue weighted by molar-refractivity contribution is 5.84. The van der Waals surface area contributed by atoms with Gasteiger partial charge >= 0.3 is 5.97 Å². The maximum atomic E-state index is 12.0. The zero-order valence-corrected chi connectivity index (χ0v) is 12.6. The van der Waals surface area contributed by atoms with Crippen LogP contribution < -0.4 is 14.8 Å². The molecule has 0 unspecified atom stereocenters. The van der Waals surface area contributed by atoms with Crippen LogP contribution in [0.4, 0.5) is 0 Å². The van der Waals surface area contributed by atoms with Gasteiger partial charge in [-0.2, -0.15) is 0 Å². The SMILES string of the molecule is C[C@H](OC(=O)[C@@H]1C[C@@H]1C)C(=O)NCc1ccc2c(c1)OCO2. The van der Waals surface area contributed by atoms with E-state index >= 15 is 0 Å². The summed E-state index contributed by atoms with van der Waals surface area (Å²) in [5, 5.41) is 2.75. The Hall–Kier alpha value is -2.24. The summed E-state index contributed by atoms with van der Waals surface area (Å²) in [6.07, 6.45) is 0.0685. The largest absolute Gasteiger partial charge is 0.454 e. The number of hydrogen-bond donors (Lipinski definition) is 1. The predicted octanol–water partition coefficient (Wildman–Crippen LogP) is 1.62.